The first kappa shape index (κ1) is 13.6. The third-order valence-corrected chi connectivity index (χ3v) is 3.20. The van der Waals surface area contributed by atoms with Crippen molar-refractivity contribution in [2.75, 3.05) is 4.43 Å². The molecular weight excluding hydrogens is 307 g/mol. The minimum atomic E-state index is 1.01. The molecule has 0 saturated heterocycles. The maximum absolute atomic E-state index is 3.21. The zero-order valence-electron chi connectivity index (χ0n) is 9.93. The lowest BCUT2D eigenvalue weighted by molar-refractivity contribution is 0.795. The van der Waals surface area contributed by atoms with Gasteiger partial charge in [0.25, 0.3) is 0 Å². The number of alkyl halides is 1. The molecule has 1 rings (SSSR count). The average molecular weight is 326 g/mol. The number of rotatable bonds is 5. The first-order valence-electron chi connectivity index (χ1n) is 6.00. The van der Waals surface area contributed by atoms with E-state index in [0.717, 1.165) is 12.0 Å². The van der Waals surface area contributed by atoms with E-state index in [9.17, 15) is 0 Å². The van der Waals surface area contributed by atoms with Crippen molar-refractivity contribution in [1.82, 2.24) is 0 Å². The Labute approximate surface area is 113 Å². The van der Waals surface area contributed by atoms with Gasteiger partial charge in [0.15, 0.2) is 0 Å². The van der Waals surface area contributed by atoms with Crippen LogP contribution >= 0.6 is 22.6 Å². The third kappa shape index (κ3) is 5.55. The monoisotopic (exact) mass is 326 g/mol. The summed E-state index contributed by atoms with van der Waals surface area (Å²) in [5.41, 5.74) is 2.58. The molecule has 0 spiro atoms. The molecule has 0 amide bonds. The van der Waals surface area contributed by atoms with E-state index in [0.29, 0.717) is 0 Å². The van der Waals surface area contributed by atoms with Crippen LogP contribution in [0.5, 0.6) is 0 Å². The van der Waals surface area contributed by atoms with Gasteiger partial charge in [0.05, 0.1) is 0 Å². The predicted molar refractivity (Wildman–Crippen MR) is 80.1 cm³/mol. The first-order valence-corrected chi connectivity index (χ1v) is 7.53. The fourth-order valence-electron chi connectivity index (χ4n) is 1.46. The molecule has 0 N–H and O–H groups in total. The van der Waals surface area contributed by atoms with Gasteiger partial charge in [-0.25, -0.2) is 0 Å². The van der Waals surface area contributed by atoms with Crippen LogP contribution < -0.4 is 0 Å². The van der Waals surface area contributed by atoms with Gasteiger partial charge in [-0.1, -0.05) is 59.9 Å². The van der Waals surface area contributed by atoms with E-state index in [4.69, 9.17) is 0 Å². The zero-order chi connectivity index (χ0) is 11.6. The predicted octanol–water partition coefficient (Wildman–Crippen LogP) is 4.60. The van der Waals surface area contributed by atoms with Crippen molar-refractivity contribution in [2.45, 2.75) is 39.0 Å². The van der Waals surface area contributed by atoms with Crippen LogP contribution in [0.2, 0.25) is 0 Å². The second-order valence-electron chi connectivity index (χ2n) is 3.89. The fourth-order valence-corrected chi connectivity index (χ4v) is 1.84. The van der Waals surface area contributed by atoms with Gasteiger partial charge in [-0.3, -0.25) is 0 Å². The van der Waals surface area contributed by atoms with E-state index in [2.05, 4.69) is 65.6 Å². The van der Waals surface area contributed by atoms with Crippen LogP contribution in [0.1, 0.15) is 43.7 Å². The molecule has 0 aromatic heterocycles. The Morgan fingerprint density at radius 2 is 1.88 bits per heavy atom. The molecule has 0 aliphatic heterocycles. The van der Waals surface area contributed by atoms with E-state index in [1.54, 1.807) is 0 Å². The lowest BCUT2D eigenvalue weighted by Gasteiger charge is -1.99. The van der Waals surface area contributed by atoms with Crippen LogP contribution in [0.15, 0.2) is 24.3 Å². The number of aryl methyl sites for hydroxylation is 1. The molecule has 0 aliphatic rings. The molecule has 0 atom stereocenters. The standard InChI is InChI=1S/C15H19I/c1-2-3-7-14-9-11-15(12-10-14)8-5-4-6-13-16/h9-12H,2-4,6-7,13H2,1H3. The van der Waals surface area contributed by atoms with E-state index in [1.165, 1.54) is 35.7 Å². The summed E-state index contributed by atoms with van der Waals surface area (Å²) in [6.07, 6.45) is 5.94. The van der Waals surface area contributed by atoms with Crippen LogP contribution in [-0.2, 0) is 6.42 Å². The SMILES string of the molecule is CCCCc1ccc(C#CCCCI)cc1. The largest absolute Gasteiger partial charge is 0.0979 e. The maximum atomic E-state index is 3.21. The van der Waals surface area contributed by atoms with Crippen LogP contribution in [0.3, 0.4) is 0 Å². The minimum absolute atomic E-state index is 1.01. The molecule has 0 bridgehead atoms. The molecule has 0 nitrogen and oxygen atoms in total. The van der Waals surface area contributed by atoms with Gasteiger partial charge < -0.3 is 0 Å². The highest BCUT2D eigenvalue weighted by molar-refractivity contribution is 14.1. The van der Waals surface area contributed by atoms with Gasteiger partial charge in [-0.2, -0.15) is 0 Å². The lowest BCUT2D eigenvalue weighted by atomic mass is 10.1. The Bertz CT molecular complexity index is 340. The quantitative estimate of drug-likeness (QED) is 0.321. The summed E-state index contributed by atoms with van der Waals surface area (Å²) in [6, 6.07) is 8.69. The Morgan fingerprint density at radius 1 is 1.12 bits per heavy atom. The van der Waals surface area contributed by atoms with E-state index in [1.807, 2.05) is 0 Å². The Kier molecular flexibility index (Phi) is 7.33. The van der Waals surface area contributed by atoms with Crippen molar-refractivity contribution in [3.05, 3.63) is 35.4 Å². The molecule has 86 valence electrons. The number of hydrogen-bond donors (Lipinski definition) is 0. The van der Waals surface area contributed by atoms with Gasteiger partial charge in [-0.15, -0.1) is 0 Å². The Balaban J connectivity index is 2.46. The molecule has 0 aliphatic carbocycles. The number of halogens is 1. The highest BCUT2D eigenvalue weighted by Gasteiger charge is 1.92. The summed E-state index contributed by atoms with van der Waals surface area (Å²) < 4.78 is 1.20. The minimum Gasteiger partial charge on any atom is -0.0979 e. The molecule has 1 heteroatoms. The van der Waals surface area contributed by atoms with Crippen LogP contribution in [0, 0.1) is 11.8 Å². The van der Waals surface area contributed by atoms with Crippen LogP contribution in [0.25, 0.3) is 0 Å². The summed E-state index contributed by atoms with van der Waals surface area (Å²) in [5.74, 6) is 6.42. The van der Waals surface area contributed by atoms with E-state index >= 15 is 0 Å². The summed E-state index contributed by atoms with van der Waals surface area (Å²) in [5, 5.41) is 0. The number of benzene rings is 1. The highest BCUT2D eigenvalue weighted by atomic mass is 127. The van der Waals surface area contributed by atoms with Gasteiger partial charge >= 0.3 is 0 Å². The zero-order valence-corrected chi connectivity index (χ0v) is 12.1. The molecule has 0 radical (unpaired) electrons. The maximum Gasteiger partial charge on any atom is 0.0245 e. The molecule has 16 heavy (non-hydrogen) atoms. The van der Waals surface area contributed by atoms with Crippen molar-refractivity contribution in [1.29, 1.82) is 0 Å². The molecule has 0 fully saturated rings. The molecule has 1 aromatic carbocycles. The summed E-state index contributed by atoms with van der Waals surface area (Å²) in [4.78, 5) is 0. The van der Waals surface area contributed by atoms with Crippen molar-refractivity contribution in [2.24, 2.45) is 0 Å². The smallest absolute Gasteiger partial charge is 0.0245 e. The van der Waals surface area contributed by atoms with Crippen molar-refractivity contribution < 1.29 is 0 Å². The molecule has 0 saturated carbocycles. The fraction of sp³-hybridized carbons (Fsp3) is 0.467. The van der Waals surface area contributed by atoms with E-state index in [-0.39, 0.29) is 0 Å². The Hall–Kier alpha value is -0.490. The topological polar surface area (TPSA) is 0 Å². The van der Waals surface area contributed by atoms with Crippen molar-refractivity contribution in [3.8, 4) is 11.8 Å². The van der Waals surface area contributed by atoms with Crippen molar-refractivity contribution >= 4 is 22.6 Å². The lowest BCUT2D eigenvalue weighted by Crippen LogP contribution is -1.84. The van der Waals surface area contributed by atoms with Crippen LogP contribution in [0.4, 0.5) is 0 Å². The number of hydrogen-bond acceptors (Lipinski definition) is 0. The summed E-state index contributed by atoms with van der Waals surface area (Å²) in [7, 11) is 0. The van der Waals surface area contributed by atoms with Gasteiger partial charge in [-0.05, 0) is 37.0 Å². The van der Waals surface area contributed by atoms with Gasteiger partial charge in [0.2, 0.25) is 0 Å². The third-order valence-electron chi connectivity index (χ3n) is 2.44. The average Bonchev–Trinajstić information content (AvgIpc) is 2.33. The van der Waals surface area contributed by atoms with Crippen LogP contribution in [-0.4, -0.2) is 4.43 Å². The highest BCUT2D eigenvalue weighted by Crippen LogP contribution is 2.07. The normalized spacial score (nSPS) is 9.62. The molecule has 0 unspecified atom stereocenters. The first-order chi connectivity index (χ1) is 7.86. The Morgan fingerprint density at radius 3 is 2.50 bits per heavy atom. The second-order valence-corrected chi connectivity index (χ2v) is 4.97. The molecule has 1 aromatic rings. The number of unbranched alkanes of at least 4 members (excludes halogenated alkanes) is 2. The van der Waals surface area contributed by atoms with Crippen molar-refractivity contribution in [3.63, 3.8) is 0 Å². The molecular formula is C15H19I. The van der Waals surface area contributed by atoms with E-state index < -0.39 is 0 Å². The van der Waals surface area contributed by atoms with Gasteiger partial charge in [0.1, 0.15) is 0 Å². The summed E-state index contributed by atoms with van der Waals surface area (Å²) >= 11 is 2.39. The second kappa shape index (κ2) is 8.64. The molecule has 0 heterocycles. The van der Waals surface area contributed by atoms with Gasteiger partial charge in [0, 0.05) is 16.4 Å². The summed E-state index contributed by atoms with van der Waals surface area (Å²) in [6.45, 7) is 2.23.